The van der Waals surface area contributed by atoms with Crippen molar-refractivity contribution in [1.82, 2.24) is 10.2 Å². The Morgan fingerprint density at radius 3 is 2.22 bits per heavy atom. The maximum atomic E-state index is 13.4. The summed E-state index contributed by atoms with van der Waals surface area (Å²) in [6.07, 6.45) is 0. The molecule has 1 fully saturated rings. The molecule has 7 nitrogen and oxygen atoms in total. The molecule has 3 aromatic carbocycles. The number of nitrogens with one attached hydrogen (secondary N) is 1. The summed E-state index contributed by atoms with van der Waals surface area (Å²) in [5.41, 5.74) is 3.53. The zero-order valence-corrected chi connectivity index (χ0v) is 21.5. The molecule has 0 radical (unpaired) electrons. The van der Waals surface area contributed by atoms with Crippen LogP contribution >= 0.6 is 0 Å². The molecule has 0 aliphatic carbocycles. The van der Waals surface area contributed by atoms with Gasteiger partial charge in [0.2, 0.25) is 0 Å². The van der Waals surface area contributed by atoms with E-state index < -0.39 is 5.97 Å². The molecular weight excluding hydrogens is 471 g/mol. The number of halogens is 1. The molecule has 1 aliphatic rings. The van der Waals surface area contributed by atoms with E-state index in [2.05, 4.69) is 39.4 Å². The molecule has 4 rings (SSSR count). The van der Waals surface area contributed by atoms with Gasteiger partial charge in [-0.25, -0.2) is 4.39 Å². The van der Waals surface area contributed by atoms with Crippen LogP contribution in [0.3, 0.4) is 0 Å². The number of carbonyl (C=O) groups is 2. The topological polar surface area (TPSA) is 65.1 Å². The SMILES string of the molecule is CC(=O)Oc1ccccc1C(=O)NCC(c1ccc(N(C)C)cc1)N1CCN(c2ccc(F)cc2)CC1. The van der Waals surface area contributed by atoms with Crippen LogP contribution in [0.15, 0.2) is 72.8 Å². The van der Waals surface area contributed by atoms with E-state index in [1.54, 1.807) is 24.3 Å². The van der Waals surface area contributed by atoms with E-state index >= 15 is 0 Å². The lowest BCUT2D eigenvalue weighted by atomic mass is 10.0. The van der Waals surface area contributed by atoms with Crippen LogP contribution in [0.1, 0.15) is 28.9 Å². The van der Waals surface area contributed by atoms with Crippen molar-refractivity contribution >= 4 is 23.3 Å². The van der Waals surface area contributed by atoms with Gasteiger partial charge >= 0.3 is 5.97 Å². The Labute approximate surface area is 217 Å². The van der Waals surface area contributed by atoms with E-state index in [1.807, 2.05) is 31.1 Å². The summed E-state index contributed by atoms with van der Waals surface area (Å²) in [7, 11) is 4.00. The smallest absolute Gasteiger partial charge is 0.308 e. The first-order valence-electron chi connectivity index (χ1n) is 12.4. The minimum Gasteiger partial charge on any atom is -0.426 e. The van der Waals surface area contributed by atoms with Gasteiger partial charge in [0.05, 0.1) is 11.6 Å². The Bertz CT molecular complexity index is 1210. The molecule has 37 heavy (non-hydrogen) atoms. The maximum Gasteiger partial charge on any atom is 0.308 e. The molecule has 1 aliphatic heterocycles. The third kappa shape index (κ3) is 6.65. The third-order valence-electron chi connectivity index (χ3n) is 6.58. The summed E-state index contributed by atoms with van der Waals surface area (Å²) in [5.74, 6) is -0.767. The van der Waals surface area contributed by atoms with Crippen molar-refractivity contribution in [1.29, 1.82) is 0 Å². The van der Waals surface area contributed by atoms with Gasteiger partial charge in [0.1, 0.15) is 11.6 Å². The Morgan fingerprint density at radius 1 is 0.946 bits per heavy atom. The first-order chi connectivity index (χ1) is 17.8. The monoisotopic (exact) mass is 504 g/mol. The van der Waals surface area contributed by atoms with Crippen LogP contribution in [0.25, 0.3) is 0 Å². The second kappa shape index (κ2) is 11.9. The highest BCUT2D eigenvalue weighted by Gasteiger charge is 2.26. The molecule has 1 atom stereocenters. The molecule has 1 saturated heterocycles. The zero-order chi connectivity index (χ0) is 26.4. The van der Waals surface area contributed by atoms with E-state index in [9.17, 15) is 14.0 Å². The Hall–Kier alpha value is -3.91. The van der Waals surface area contributed by atoms with Crippen molar-refractivity contribution in [3.63, 3.8) is 0 Å². The van der Waals surface area contributed by atoms with Crippen molar-refractivity contribution in [2.24, 2.45) is 0 Å². The standard InChI is InChI=1S/C29H33FN4O3/c1-21(35)37-28-7-5-4-6-26(28)29(36)31-20-27(22-8-12-24(13-9-22)32(2)3)34-18-16-33(17-19-34)25-14-10-23(30)11-15-25/h4-15,27H,16-20H2,1-3H3,(H,31,36). The van der Waals surface area contributed by atoms with Gasteiger partial charge in [0, 0.05) is 65.1 Å². The lowest BCUT2D eigenvalue weighted by Gasteiger charge is -2.40. The molecule has 0 saturated carbocycles. The average Bonchev–Trinajstić information content (AvgIpc) is 2.90. The maximum absolute atomic E-state index is 13.4. The van der Waals surface area contributed by atoms with Gasteiger partial charge in [-0.05, 0) is 54.1 Å². The number of esters is 1. The molecule has 0 bridgehead atoms. The fraction of sp³-hybridized carbons (Fsp3) is 0.310. The van der Waals surface area contributed by atoms with E-state index in [-0.39, 0.29) is 23.5 Å². The van der Waals surface area contributed by atoms with E-state index in [4.69, 9.17) is 4.74 Å². The fourth-order valence-electron chi connectivity index (χ4n) is 4.58. The first-order valence-corrected chi connectivity index (χ1v) is 12.4. The van der Waals surface area contributed by atoms with Gasteiger partial charge in [-0.2, -0.15) is 0 Å². The van der Waals surface area contributed by atoms with Crippen molar-refractivity contribution in [3.05, 3.63) is 89.7 Å². The Morgan fingerprint density at radius 2 is 1.59 bits per heavy atom. The largest absolute Gasteiger partial charge is 0.426 e. The Balaban J connectivity index is 1.50. The summed E-state index contributed by atoms with van der Waals surface area (Å²) >= 11 is 0. The highest BCUT2D eigenvalue weighted by Crippen LogP contribution is 2.26. The summed E-state index contributed by atoms with van der Waals surface area (Å²) in [5, 5.41) is 3.06. The summed E-state index contributed by atoms with van der Waals surface area (Å²) in [4.78, 5) is 31.2. The Kier molecular flexibility index (Phi) is 8.40. The highest BCUT2D eigenvalue weighted by molar-refractivity contribution is 5.97. The van der Waals surface area contributed by atoms with Gasteiger partial charge < -0.3 is 19.9 Å². The van der Waals surface area contributed by atoms with E-state index in [0.717, 1.165) is 43.1 Å². The number of hydrogen-bond acceptors (Lipinski definition) is 6. The highest BCUT2D eigenvalue weighted by atomic mass is 19.1. The number of rotatable bonds is 8. The van der Waals surface area contributed by atoms with Gasteiger partial charge in [-0.1, -0.05) is 24.3 Å². The minimum atomic E-state index is -0.474. The van der Waals surface area contributed by atoms with Gasteiger partial charge in [-0.3, -0.25) is 14.5 Å². The molecule has 194 valence electrons. The number of hydrogen-bond donors (Lipinski definition) is 1. The van der Waals surface area contributed by atoms with Crippen molar-refractivity contribution in [2.45, 2.75) is 13.0 Å². The summed E-state index contributed by atoms with van der Waals surface area (Å²) in [6.45, 7) is 4.87. The van der Waals surface area contributed by atoms with Crippen LogP contribution < -0.4 is 19.9 Å². The molecular formula is C29H33FN4O3. The van der Waals surface area contributed by atoms with Crippen LogP contribution in [-0.2, 0) is 4.79 Å². The predicted molar refractivity (Wildman–Crippen MR) is 144 cm³/mol. The lowest BCUT2D eigenvalue weighted by molar-refractivity contribution is -0.131. The number of amides is 1. The predicted octanol–water partition coefficient (Wildman–Crippen LogP) is 4.11. The van der Waals surface area contributed by atoms with Crippen LogP contribution in [0.4, 0.5) is 15.8 Å². The molecule has 1 unspecified atom stereocenters. The zero-order valence-electron chi connectivity index (χ0n) is 21.5. The van der Waals surface area contributed by atoms with E-state index in [1.165, 1.54) is 19.1 Å². The van der Waals surface area contributed by atoms with E-state index in [0.29, 0.717) is 12.1 Å². The lowest BCUT2D eigenvalue weighted by Crippen LogP contribution is -2.50. The quantitative estimate of drug-likeness (QED) is 0.368. The summed E-state index contributed by atoms with van der Waals surface area (Å²) < 4.78 is 18.6. The molecule has 1 heterocycles. The van der Waals surface area contributed by atoms with Crippen molar-refractivity contribution in [2.75, 3.05) is 56.6 Å². The third-order valence-corrected chi connectivity index (χ3v) is 6.58. The number of anilines is 2. The van der Waals surface area contributed by atoms with Gasteiger partial charge in [-0.15, -0.1) is 0 Å². The van der Waals surface area contributed by atoms with Crippen LogP contribution in [-0.4, -0.2) is 63.6 Å². The van der Waals surface area contributed by atoms with Gasteiger partial charge in [0.25, 0.3) is 5.91 Å². The molecule has 3 aromatic rings. The van der Waals surface area contributed by atoms with Gasteiger partial charge in [0.15, 0.2) is 0 Å². The number of benzene rings is 3. The molecule has 0 aromatic heterocycles. The first kappa shape index (κ1) is 26.2. The second-order valence-corrected chi connectivity index (χ2v) is 9.30. The number of nitrogens with zero attached hydrogens (tertiary/aromatic N) is 3. The average molecular weight is 505 g/mol. The molecule has 1 amide bonds. The molecule has 1 N–H and O–H groups in total. The van der Waals surface area contributed by atoms with Crippen LogP contribution in [0.5, 0.6) is 5.75 Å². The fourth-order valence-corrected chi connectivity index (χ4v) is 4.58. The minimum absolute atomic E-state index is 0.0450. The number of ether oxygens (including phenoxy) is 1. The summed E-state index contributed by atoms with van der Waals surface area (Å²) in [6, 6.07) is 21.6. The van der Waals surface area contributed by atoms with Crippen molar-refractivity contribution < 1.29 is 18.7 Å². The van der Waals surface area contributed by atoms with Crippen molar-refractivity contribution in [3.8, 4) is 5.75 Å². The molecule has 8 heteroatoms. The molecule has 0 spiro atoms. The van der Waals surface area contributed by atoms with Crippen LogP contribution in [0, 0.1) is 5.82 Å². The normalized spacial score (nSPS) is 14.6. The van der Waals surface area contributed by atoms with Crippen LogP contribution in [0.2, 0.25) is 0 Å². The number of piperazine rings is 1. The number of para-hydroxylation sites is 1. The number of carbonyl (C=O) groups excluding carboxylic acids is 2. The second-order valence-electron chi connectivity index (χ2n) is 9.30.